The predicted molar refractivity (Wildman–Crippen MR) is 225 cm³/mol. The molecule has 2 rings (SSSR count). The van der Waals surface area contributed by atoms with Gasteiger partial charge in [-0.15, -0.1) is 0 Å². The van der Waals surface area contributed by atoms with Crippen molar-refractivity contribution in [3.05, 3.63) is 0 Å². The number of ether oxygens (including phenoxy) is 6. The van der Waals surface area contributed by atoms with E-state index >= 15 is 0 Å². The van der Waals surface area contributed by atoms with Gasteiger partial charge in [-0.1, -0.05) is 155 Å². The van der Waals surface area contributed by atoms with Gasteiger partial charge >= 0.3 is 11.9 Å². The SMILES string of the molecule is CCCCCCCCCCCCCCCC(=O)O[C@H](COC(=O)CCCCCCCCCCCCC)CO[C@@H]1O[C@H](CO[C@H]2O[C@H](CO)[C@H](O)[C@H](O)[C@H]2O)[C@H](O)[C@H](O)[C@H]1O. The van der Waals surface area contributed by atoms with Crippen LogP contribution in [0.4, 0.5) is 0 Å². The van der Waals surface area contributed by atoms with E-state index in [2.05, 4.69) is 13.8 Å². The van der Waals surface area contributed by atoms with Crippen molar-refractivity contribution in [3.8, 4) is 0 Å². The molecule has 0 spiro atoms. The lowest BCUT2D eigenvalue weighted by molar-refractivity contribution is -0.332. The second-order valence-electron chi connectivity index (χ2n) is 17.0. The molecule has 2 aliphatic rings. The lowest BCUT2D eigenvalue weighted by Crippen LogP contribution is -2.61. The minimum Gasteiger partial charge on any atom is -0.462 e. The number of esters is 2. The molecule has 354 valence electrons. The van der Waals surface area contributed by atoms with E-state index in [0.29, 0.717) is 12.8 Å². The maximum atomic E-state index is 12.9. The third-order valence-corrected chi connectivity index (χ3v) is 11.6. The van der Waals surface area contributed by atoms with Crippen molar-refractivity contribution >= 4 is 11.9 Å². The van der Waals surface area contributed by atoms with Crippen LogP contribution in [0.3, 0.4) is 0 Å². The Hall–Kier alpha value is -1.50. The van der Waals surface area contributed by atoms with Crippen molar-refractivity contribution in [2.75, 3.05) is 26.4 Å². The van der Waals surface area contributed by atoms with Gasteiger partial charge in [0.25, 0.3) is 0 Å². The van der Waals surface area contributed by atoms with Crippen LogP contribution in [0.5, 0.6) is 0 Å². The zero-order chi connectivity index (χ0) is 44.0. The first-order valence-electron chi connectivity index (χ1n) is 23.6. The summed E-state index contributed by atoms with van der Waals surface area (Å²) in [5.41, 5.74) is 0. The fourth-order valence-electron chi connectivity index (χ4n) is 7.63. The van der Waals surface area contributed by atoms with Crippen LogP contribution in [0.25, 0.3) is 0 Å². The first kappa shape index (κ1) is 54.6. The second-order valence-corrected chi connectivity index (χ2v) is 17.0. The summed E-state index contributed by atoms with van der Waals surface area (Å²) in [7, 11) is 0. The first-order valence-corrected chi connectivity index (χ1v) is 23.6. The quantitative estimate of drug-likeness (QED) is 0.0315. The van der Waals surface area contributed by atoms with E-state index < -0.39 is 92.7 Å². The van der Waals surface area contributed by atoms with E-state index in [1.165, 1.54) is 103 Å². The topological polar surface area (TPSA) is 231 Å². The molecule has 0 radical (unpaired) electrons. The molecule has 2 heterocycles. The van der Waals surface area contributed by atoms with E-state index in [1.54, 1.807) is 0 Å². The third kappa shape index (κ3) is 22.7. The van der Waals surface area contributed by atoms with Crippen LogP contribution in [-0.2, 0) is 38.0 Å². The normalized spacial score (nSPS) is 27.5. The molecule has 7 N–H and O–H groups in total. The van der Waals surface area contributed by atoms with Gasteiger partial charge in [0.05, 0.1) is 19.8 Å². The molecule has 0 unspecified atom stereocenters. The van der Waals surface area contributed by atoms with Crippen LogP contribution in [0.2, 0.25) is 0 Å². The minimum absolute atomic E-state index is 0.172. The Morgan fingerprint density at radius 3 is 1.30 bits per heavy atom. The first-order chi connectivity index (χ1) is 29.0. The molecule has 2 saturated heterocycles. The summed E-state index contributed by atoms with van der Waals surface area (Å²) in [6.45, 7) is 2.58. The fraction of sp³-hybridized carbons (Fsp3) is 0.956. The van der Waals surface area contributed by atoms with E-state index in [4.69, 9.17) is 28.4 Å². The number of aliphatic hydroxyl groups is 7. The van der Waals surface area contributed by atoms with Crippen LogP contribution in [0.1, 0.15) is 181 Å². The van der Waals surface area contributed by atoms with Crippen LogP contribution < -0.4 is 0 Å². The number of aliphatic hydroxyl groups excluding tert-OH is 7. The monoisotopic (exact) mass is 865 g/mol. The number of unbranched alkanes of at least 4 members (excludes halogenated alkanes) is 22. The summed E-state index contributed by atoms with van der Waals surface area (Å²) in [4.78, 5) is 25.6. The summed E-state index contributed by atoms with van der Waals surface area (Å²) in [5, 5.41) is 71.8. The number of carbonyl (C=O) groups is 2. The van der Waals surface area contributed by atoms with Crippen LogP contribution in [-0.4, -0.2) is 142 Å². The molecule has 0 aromatic rings. The van der Waals surface area contributed by atoms with Crippen LogP contribution >= 0.6 is 0 Å². The fourth-order valence-corrected chi connectivity index (χ4v) is 7.63. The number of rotatable bonds is 36. The van der Waals surface area contributed by atoms with Gasteiger partial charge < -0.3 is 64.2 Å². The highest BCUT2D eigenvalue weighted by Gasteiger charge is 2.47. The zero-order valence-corrected chi connectivity index (χ0v) is 37.0. The Morgan fingerprint density at radius 1 is 0.467 bits per heavy atom. The van der Waals surface area contributed by atoms with E-state index in [1.807, 2.05) is 0 Å². The highest BCUT2D eigenvalue weighted by atomic mass is 16.7. The highest BCUT2D eigenvalue weighted by Crippen LogP contribution is 2.26. The van der Waals surface area contributed by atoms with Gasteiger partial charge in [0, 0.05) is 12.8 Å². The van der Waals surface area contributed by atoms with Gasteiger partial charge in [0.1, 0.15) is 55.4 Å². The number of hydrogen-bond donors (Lipinski definition) is 7. The largest absolute Gasteiger partial charge is 0.462 e. The molecule has 2 aliphatic heterocycles. The van der Waals surface area contributed by atoms with Crippen molar-refractivity contribution in [1.82, 2.24) is 0 Å². The average Bonchev–Trinajstić information content (AvgIpc) is 3.24. The van der Waals surface area contributed by atoms with E-state index in [0.717, 1.165) is 38.5 Å². The van der Waals surface area contributed by atoms with Crippen molar-refractivity contribution in [3.63, 3.8) is 0 Å². The molecular formula is C45H84O15. The zero-order valence-electron chi connectivity index (χ0n) is 37.0. The molecule has 0 aromatic heterocycles. The Kier molecular flexibility index (Phi) is 30.9. The van der Waals surface area contributed by atoms with Crippen molar-refractivity contribution in [1.29, 1.82) is 0 Å². The summed E-state index contributed by atoms with van der Waals surface area (Å²) in [6, 6.07) is 0. The lowest BCUT2D eigenvalue weighted by atomic mass is 9.98. The van der Waals surface area contributed by atoms with Gasteiger partial charge in [-0.05, 0) is 12.8 Å². The third-order valence-electron chi connectivity index (χ3n) is 11.6. The summed E-state index contributed by atoms with van der Waals surface area (Å²) in [5.74, 6) is -0.916. The van der Waals surface area contributed by atoms with Gasteiger partial charge in [0.2, 0.25) is 0 Å². The molecule has 15 nitrogen and oxygen atoms in total. The van der Waals surface area contributed by atoms with Crippen molar-refractivity contribution < 1.29 is 73.8 Å². The maximum Gasteiger partial charge on any atom is 0.306 e. The Labute approximate surface area is 359 Å². The second kappa shape index (κ2) is 34.0. The average molecular weight is 865 g/mol. The summed E-state index contributed by atoms with van der Waals surface area (Å²) < 4.78 is 33.5. The molecule has 11 atom stereocenters. The standard InChI is InChI=1S/C45H84O15/c1-3-5-7-9-11-13-15-16-18-20-22-24-26-28-37(48)58-33(30-55-36(47)27-25-23-21-19-17-14-12-10-8-6-4-2)31-56-44-43(54)41(52)39(50)35(60-44)32-57-45-42(53)40(51)38(49)34(29-46)59-45/h33-35,38-46,49-54H,3-32H2,1-2H3/t33-,34-,35-,38+,39+,40+,41+,42-,43-,44-,45+/m1/s1. The predicted octanol–water partition coefficient (Wildman–Crippen LogP) is 5.26. The molecule has 15 heteroatoms. The van der Waals surface area contributed by atoms with Gasteiger partial charge in [-0.3, -0.25) is 9.59 Å². The molecule has 0 amide bonds. The Bertz CT molecular complexity index is 1070. The van der Waals surface area contributed by atoms with Crippen LogP contribution in [0.15, 0.2) is 0 Å². The summed E-state index contributed by atoms with van der Waals surface area (Å²) in [6.07, 6.45) is 11.4. The van der Waals surface area contributed by atoms with E-state index in [-0.39, 0.29) is 26.1 Å². The van der Waals surface area contributed by atoms with Gasteiger partial charge in [0.15, 0.2) is 18.7 Å². The van der Waals surface area contributed by atoms with E-state index in [9.17, 15) is 45.3 Å². The smallest absolute Gasteiger partial charge is 0.306 e. The molecule has 0 bridgehead atoms. The molecule has 0 aliphatic carbocycles. The molecule has 2 fully saturated rings. The van der Waals surface area contributed by atoms with Crippen LogP contribution in [0, 0.1) is 0 Å². The molecule has 60 heavy (non-hydrogen) atoms. The number of hydrogen-bond acceptors (Lipinski definition) is 15. The lowest BCUT2D eigenvalue weighted by Gasteiger charge is -2.42. The van der Waals surface area contributed by atoms with Crippen molar-refractivity contribution in [2.45, 2.75) is 248 Å². The molecule has 0 aromatic carbocycles. The highest BCUT2D eigenvalue weighted by molar-refractivity contribution is 5.70. The Balaban J connectivity index is 1.84. The molecular weight excluding hydrogens is 780 g/mol. The minimum atomic E-state index is -1.76. The Morgan fingerprint density at radius 2 is 0.850 bits per heavy atom. The summed E-state index contributed by atoms with van der Waals surface area (Å²) >= 11 is 0. The van der Waals surface area contributed by atoms with Gasteiger partial charge in [-0.25, -0.2) is 0 Å². The van der Waals surface area contributed by atoms with Gasteiger partial charge in [-0.2, -0.15) is 0 Å². The molecule has 0 saturated carbocycles. The maximum absolute atomic E-state index is 12.9. The van der Waals surface area contributed by atoms with Crippen molar-refractivity contribution in [2.24, 2.45) is 0 Å². The number of carbonyl (C=O) groups excluding carboxylic acids is 2.